The van der Waals surface area contributed by atoms with E-state index in [1.807, 2.05) is 6.92 Å². The summed E-state index contributed by atoms with van der Waals surface area (Å²) in [5.74, 6) is 0. The van der Waals surface area contributed by atoms with Gasteiger partial charge < -0.3 is 11.1 Å². The average Bonchev–Trinajstić information content (AvgIpc) is 2.15. The van der Waals surface area contributed by atoms with Gasteiger partial charge in [-0.3, -0.25) is 10.1 Å². The minimum atomic E-state index is -0.403. The number of benzene rings is 1. The zero-order valence-electron chi connectivity index (χ0n) is 7.99. The lowest BCUT2D eigenvalue weighted by Crippen LogP contribution is -2.13. The molecule has 0 spiro atoms. The average molecular weight is 195 g/mol. The Morgan fingerprint density at radius 2 is 2.29 bits per heavy atom. The summed E-state index contributed by atoms with van der Waals surface area (Å²) in [7, 11) is 0. The number of rotatable bonds is 4. The lowest BCUT2D eigenvalue weighted by atomic mass is 10.2. The van der Waals surface area contributed by atoms with Gasteiger partial charge in [0.05, 0.1) is 4.92 Å². The largest absolute Gasteiger partial charge is 0.384 e. The molecule has 0 fully saturated rings. The molecule has 0 heterocycles. The predicted octanol–water partition coefficient (Wildman–Crippen LogP) is 1.27. The molecule has 5 heteroatoms. The van der Waals surface area contributed by atoms with Gasteiger partial charge >= 0.3 is 0 Å². The molecule has 0 saturated heterocycles. The smallest absolute Gasteiger partial charge is 0.269 e. The Bertz CT molecular complexity index is 339. The van der Waals surface area contributed by atoms with Crippen LogP contribution in [0.3, 0.4) is 0 Å². The van der Waals surface area contributed by atoms with Crippen molar-refractivity contribution in [1.29, 1.82) is 0 Å². The molecular formula is C9H13N3O2. The molecule has 0 aliphatic heterocycles. The molecule has 1 aromatic carbocycles. The van der Waals surface area contributed by atoms with E-state index in [-0.39, 0.29) is 5.69 Å². The molecule has 0 aromatic heterocycles. The van der Waals surface area contributed by atoms with Crippen molar-refractivity contribution in [2.24, 2.45) is 5.73 Å². The van der Waals surface area contributed by atoms with Crippen molar-refractivity contribution in [1.82, 2.24) is 0 Å². The molecule has 0 unspecified atom stereocenters. The number of nitrogens with zero attached hydrogens (tertiary/aromatic N) is 1. The molecule has 0 radical (unpaired) electrons. The topological polar surface area (TPSA) is 81.2 Å². The van der Waals surface area contributed by atoms with Crippen molar-refractivity contribution in [3.63, 3.8) is 0 Å². The lowest BCUT2D eigenvalue weighted by molar-refractivity contribution is -0.384. The van der Waals surface area contributed by atoms with Gasteiger partial charge in [-0.15, -0.1) is 0 Å². The van der Waals surface area contributed by atoms with E-state index in [2.05, 4.69) is 5.32 Å². The van der Waals surface area contributed by atoms with Crippen LogP contribution in [0, 0.1) is 17.0 Å². The molecule has 1 rings (SSSR count). The molecule has 76 valence electrons. The van der Waals surface area contributed by atoms with Gasteiger partial charge in [-0.1, -0.05) is 0 Å². The van der Waals surface area contributed by atoms with Crippen molar-refractivity contribution >= 4 is 11.4 Å². The standard InChI is InChI=1S/C9H13N3O2/c1-7-6-8(12(13)14)2-3-9(7)11-5-4-10/h2-3,6,11H,4-5,10H2,1H3. The number of nitro benzene ring substituents is 1. The molecule has 5 nitrogen and oxygen atoms in total. The highest BCUT2D eigenvalue weighted by Gasteiger charge is 2.06. The summed E-state index contributed by atoms with van der Waals surface area (Å²) in [5.41, 5.74) is 7.19. The van der Waals surface area contributed by atoms with Crippen LogP contribution in [0.15, 0.2) is 18.2 Å². The number of nitro groups is 1. The third-order valence-electron chi connectivity index (χ3n) is 1.88. The van der Waals surface area contributed by atoms with Gasteiger partial charge in [0, 0.05) is 30.9 Å². The van der Waals surface area contributed by atoms with E-state index < -0.39 is 4.92 Å². The van der Waals surface area contributed by atoms with Crippen molar-refractivity contribution in [3.05, 3.63) is 33.9 Å². The molecule has 3 N–H and O–H groups in total. The number of anilines is 1. The zero-order chi connectivity index (χ0) is 10.6. The van der Waals surface area contributed by atoms with Gasteiger partial charge in [-0.2, -0.15) is 0 Å². The first kappa shape index (κ1) is 10.5. The first-order valence-corrected chi connectivity index (χ1v) is 4.34. The normalized spacial score (nSPS) is 9.86. The second-order valence-electron chi connectivity index (χ2n) is 2.97. The molecule has 0 atom stereocenters. The molecule has 0 saturated carbocycles. The number of nitrogens with two attached hydrogens (primary N) is 1. The van der Waals surface area contributed by atoms with Crippen molar-refractivity contribution in [2.75, 3.05) is 18.4 Å². The highest BCUT2D eigenvalue weighted by Crippen LogP contribution is 2.20. The van der Waals surface area contributed by atoms with Gasteiger partial charge in [0.25, 0.3) is 5.69 Å². The molecule has 0 bridgehead atoms. The van der Waals surface area contributed by atoms with E-state index in [1.165, 1.54) is 6.07 Å². The maximum absolute atomic E-state index is 10.4. The third-order valence-corrected chi connectivity index (χ3v) is 1.88. The Hall–Kier alpha value is -1.62. The van der Waals surface area contributed by atoms with Gasteiger partial charge in [-0.05, 0) is 18.6 Å². The lowest BCUT2D eigenvalue weighted by Gasteiger charge is -2.07. The summed E-state index contributed by atoms with van der Waals surface area (Å²) >= 11 is 0. The first-order chi connectivity index (χ1) is 6.65. The Labute approximate surface area is 82.1 Å². The van der Waals surface area contributed by atoms with Crippen molar-refractivity contribution in [2.45, 2.75) is 6.92 Å². The zero-order valence-corrected chi connectivity index (χ0v) is 7.99. The Morgan fingerprint density at radius 3 is 2.79 bits per heavy atom. The predicted molar refractivity (Wildman–Crippen MR) is 55.4 cm³/mol. The first-order valence-electron chi connectivity index (χ1n) is 4.34. The Kier molecular flexibility index (Phi) is 3.41. The van der Waals surface area contributed by atoms with Crippen LogP contribution in [0.1, 0.15) is 5.56 Å². The molecule has 1 aromatic rings. The Balaban J connectivity index is 2.84. The van der Waals surface area contributed by atoms with Crippen LogP contribution in [0.4, 0.5) is 11.4 Å². The highest BCUT2D eigenvalue weighted by atomic mass is 16.6. The molecule has 0 amide bonds. The van der Waals surface area contributed by atoms with E-state index in [9.17, 15) is 10.1 Å². The van der Waals surface area contributed by atoms with E-state index in [4.69, 9.17) is 5.73 Å². The summed E-state index contributed by atoms with van der Waals surface area (Å²) in [6, 6.07) is 4.72. The van der Waals surface area contributed by atoms with E-state index in [0.717, 1.165) is 11.3 Å². The minimum Gasteiger partial charge on any atom is -0.384 e. The quantitative estimate of drug-likeness (QED) is 0.560. The van der Waals surface area contributed by atoms with Crippen LogP contribution in [0.5, 0.6) is 0 Å². The van der Waals surface area contributed by atoms with Crippen LogP contribution >= 0.6 is 0 Å². The number of nitrogens with one attached hydrogen (secondary N) is 1. The molecular weight excluding hydrogens is 182 g/mol. The fraction of sp³-hybridized carbons (Fsp3) is 0.333. The van der Waals surface area contributed by atoms with Crippen LogP contribution < -0.4 is 11.1 Å². The maximum Gasteiger partial charge on any atom is 0.269 e. The monoisotopic (exact) mass is 195 g/mol. The summed E-state index contributed by atoms with van der Waals surface area (Å²) in [6.45, 7) is 3.03. The SMILES string of the molecule is Cc1cc([N+](=O)[O-])ccc1NCCN. The number of hydrogen-bond acceptors (Lipinski definition) is 4. The summed E-state index contributed by atoms with van der Waals surface area (Å²) < 4.78 is 0. The van der Waals surface area contributed by atoms with Crippen LogP contribution in [0.25, 0.3) is 0 Å². The van der Waals surface area contributed by atoms with Gasteiger partial charge in [0.15, 0.2) is 0 Å². The van der Waals surface area contributed by atoms with Gasteiger partial charge in [0.2, 0.25) is 0 Å². The number of aryl methyl sites for hydroxylation is 1. The van der Waals surface area contributed by atoms with Crippen LogP contribution in [0.2, 0.25) is 0 Å². The van der Waals surface area contributed by atoms with E-state index >= 15 is 0 Å². The van der Waals surface area contributed by atoms with E-state index in [0.29, 0.717) is 13.1 Å². The van der Waals surface area contributed by atoms with E-state index in [1.54, 1.807) is 12.1 Å². The van der Waals surface area contributed by atoms with Crippen LogP contribution in [-0.4, -0.2) is 18.0 Å². The summed E-state index contributed by atoms with van der Waals surface area (Å²) in [5, 5.41) is 13.5. The van der Waals surface area contributed by atoms with Crippen molar-refractivity contribution in [3.8, 4) is 0 Å². The number of hydrogen-bond donors (Lipinski definition) is 2. The molecule has 14 heavy (non-hydrogen) atoms. The number of non-ortho nitro benzene ring substituents is 1. The maximum atomic E-state index is 10.4. The van der Waals surface area contributed by atoms with Crippen LogP contribution in [-0.2, 0) is 0 Å². The fourth-order valence-corrected chi connectivity index (χ4v) is 1.17. The molecule has 0 aliphatic carbocycles. The highest BCUT2D eigenvalue weighted by molar-refractivity contribution is 5.55. The third kappa shape index (κ3) is 2.43. The molecule has 0 aliphatic rings. The minimum absolute atomic E-state index is 0.112. The van der Waals surface area contributed by atoms with Gasteiger partial charge in [0.1, 0.15) is 0 Å². The van der Waals surface area contributed by atoms with Gasteiger partial charge in [-0.25, -0.2) is 0 Å². The summed E-state index contributed by atoms with van der Waals surface area (Å²) in [6.07, 6.45) is 0. The Morgan fingerprint density at radius 1 is 1.57 bits per heavy atom. The second kappa shape index (κ2) is 4.57. The van der Waals surface area contributed by atoms with Crippen molar-refractivity contribution < 1.29 is 4.92 Å². The fourth-order valence-electron chi connectivity index (χ4n) is 1.17. The summed E-state index contributed by atoms with van der Waals surface area (Å²) in [4.78, 5) is 10.0. The second-order valence-corrected chi connectivity index (χ2v) is 2.97.